The lowest BCUT2D eigenvalue weighted by Gasteiger charge is -2.15. The van der Waals surface area contributed by atoms with E-state index in [-0.39, 0.29) is 5.91 Å². The monoisotopic (exact) mass is 160 g/mol. The van der Waals surface area contributed by atoms with Crippen LogP contribution in [-0.4, -0.2) is 44.7 Å². The molecule has 0 aromatic carbocycles. The van der Waals surface area contributed by atoms with E-state index >= 15 is 0 Å². The first-order valence-corrected chi connectivity index (χ1v) is 3.65. The molecule has 0 heterocycles. The third-order valence-corrected chi connectivity index (χ3v) is 1.41. The highest BCUT2D eigenvalue weighted by molar-refractivity contribution is 5.75. The Hall–Kier alpha value is -0.610. The normalized spacial score (nSPS) is 9.73. The predicted octanol–water partition coefficient (Wildman–Crippen LogP) is -0.560. The van der Waals surface area contributed by atoms with Gasteiger partial charge in [-0.05, 0) is 0 Å². The van der Waals surface area contributed by atoms with Gasteiger partial charge in [-0.1, -0.05) is 0 Å². The number of carbonyl (C=O) groups excluding carboxylic acids is 1. The Labute approximate surface area is 67.3 Å². The molecule has 4 heteroatoms. The summed E-state index contributed by atoms with van der Waals surface area (Å²) in [6, 6.07) is 0. The maximum Gasteiger partial charge on any atom is 0.223 e. The van der Waals surface area contributed by atoms with E-state index in [0.717, 1.165) is 0 Å². The summed E-state index contributed by atoms with van der Waals surface area (Å²) < 4.78 is 4.82. The van der Waals surface area contributed by atoms with Crippen molar-refractivity contribution in [1.82, 2.24) is 4.90 Å². The van der Waals surface area contributed by atoms with Crippen LogP contribution in [0.2, 0.25) is 0 Å². The average Bonchev–Trinajstić information content (AvgIpc) is 2.00. The molecular formula is C7H16N2O2. The number of nitrogens with two attached hydrogens (primary N) is 1. The Bertz CT molecular complexity index is 117. The molecule has 11 heavy (non-hydrogen) atoms. The van der Waals surface area contributed by atoms with E-state index in [1.54, 1.807) is 19.1 Å². The van der Waals surface area contributed by atoms with E-state index in [4.69, 9.17) is 10.5 Å². The average molecular weight is 160 g/mol. The third kappa shape index (κ3) is 4.75. The number of carbonyl (C=O) groups is 1. The van der Waals surface area contributed by atoms with Crippen molar-refractivity contribution in [3.8, 4) is 0 Å². The van der Waals surface area contributed by atoms with Crippen LogP contribution in [0, 0.1) is 0 Å². The number of amides is 1. The topological polar surface area (TPSA) is 55.6 Å². The van der Waals surface area contributed by atoms with Gasteiger partial charge >= 0.3 is 0 Å². The molecule has 0 aromatic rings. The van der Waals surface area contributed by atoms with Gasteiger partial charge in [0.2, 0.25) is 5.91 Å². The van der Waals surface area contributed by atoms with E-state index in [2.05, 4.69) is 0 Å². The molecule has 0 rings (SSSR count). The van der Waals surface area contributed by atoms with Gasteiger partial charge < -0.3 is 15.4 Å². The highest BCUT2D eigenvalue weighted by Gasteiger charge is 2.05. The summed E-state index contributed by atoms with van der Waals surface area (Å²) in [6.45, 7) is 1.62. The highest BCUT2D eigenvalue weighted by Crippen LogP contribution is 1.88. The first-order valence-electron chi connectivity index (χ1n) is 3.65. The molecule has 2 N–H and O–H groups in total. The Morgan fingerprint density at radius 1 is 1.64 bits per heavy atom. The van der Waals surface area contributed by atoms with Crippen LogP contribution in [0.1, 0.15) is 6.42 Å². The maximum absolute atomic E-state index is 11.0. The van der Waals surface area contributed by atoms with E-state index < -0.39 is 0 Å². The van der Waals surface area contributed by atoms with Crippen LogP contribution in [0.3, 0.4) is 0 Å². The van der Waals surface area contributed by atoms with Crippen LogP contribution in [0.25, 0.3) is 0 Å². The summed E-state index contributed by atoms with van der Waals surface area (Å²) in [5.41, 5.74) is 5.22. The van der Waals surface area contributed by atoms with Gasteiger partial charge in [0.15, 0.2) is 0 Å². The SMILES string of the molecule is COCCN(C)C(=O)CCN. The third-order valence-electron chi connectivity index (χ3n) is 1.41. The molecule has 0 spiro atoms. The quantitative estimate of drug-likeness (QED) is 0.586. The molecule has 0 unspecified atom stereocenters. The second kappa shape index (κ2) is 6.12. The molecule has 1 amide bonds. The largest absolute Gasteiger partial charge is 0.383 e. The van der Waals surface area contributed by atoms with Crippen molar-refractivity contribution >= 4 is 5.91 Å². The molecular weight excluding hydrogens is 144 g/mol. The summed E-state index contributed by atoms with van der Waals surface area (Å²) in [5, 5.41) is 0. The molecule has 0 atom stereocenters. The fraction of sp³-hybridized carbons (Fsp3) is 0.857. The van der Waals surface area contributed by atoms with Crippen molar-refractivity contribution in [1.29, 1.82) is 0 Å². The number of likely N-dealkylation sites (N-methyl/N-ethyl adjacent to an activating group) is 1. The number of methoxy groups -OCH3 is 1. The van der Waals surface area contributed by atoms with Gasteiger partial charge in [-0.3, -0.25) is 4.79 Å². The first-order chi connectivity index (χ1) is 5.22. The van der Waals surface area contributed by atoms with Crippen molar-refractivity contribution in [2.45, 2.75) is 6.42 Å². The van der Waals surface area contributed by atoms with Crippen molar-refractivity contribution in [2.75, 3.05) is 33.9 Å². The summed E-state index contributed by atoms with van der Waals surface area (Å²) in [6.07, 6.45) is 0.417. The van der Waals surface area contributed by atoms with E-state index in [9.17, 15) is 4.79 Å². The van der Waals surface area contributed by atoms with Crippen LogP contribution in [0.4, 0.5) is 0 Å². The second-order valence-electron chi connectivity index (χ2n) is 2.35. The van der Waals surface area contributed by atoms with Crippen LogP contribution in [0.15, 0.2) is 0 Å². The zero-order chi connectivity index (χ0) is 8.69. The van der Waals surface area contributed by atoms with Crippen molar-refractivity contribution in [2.24, 2.45) is 5.73 Å². The molecule has 0 aliphatic heterocycles. The lowest BCUT2D eigenvalue weighted by molar-refractivity contribution is -0.130. The standard InChI is InChI=1S/C7H16N2O2/c1-9(5-6-11-2)7(10)3-4-8/h3-6,8H2,1-2H3. The van der Waals surface area contributed by atoms with Gasteiger partial charge in [0, 0.05) is 33.7 Å². The van der Waals surface area contributed by atoms with Crippen molar-refractivity contribution < 1.29 is 9.53 Å². The molecule has 0 aliphatic carbocycles. The molecule has 0 radical (unpaired) electrons. The number of hydrogen-bond donors (Lipinski definition) is 1. The van der Waals surface area contributed by atoms with Gasteiger partial charge in [0.05, 0.1) is 6.61 Å². The molecule has 0 fully saturated rings. The fourth-order valence-electron chi connectivity index (χ4n) is 0.667. The van der Waals surface area contributed by atoms with Crippen LogP contribution in [-0.2, 0) is 9.53 Å². The van der Waals surface area contributed by atoms with Gasteiger partial charge in [-0.25, -0.2) is 0 Å². The number of hydrogen-bond acceptors (Lipinski definition) is 3. The first kappa shape index (κ1) is 10.4. The Morgan fingerprint density at radius 3 is 2.73 bits per heavy atom. The van der Waals surface area contributed by atoms with Gasteiger partial charge in [-0.2, -0.15) is 0 Å². The summed E-state index contributed by atoms with van der Waals surface area (Å²) in [4.78, 5) is 12.7. The number of rotatable bonds is 5. The maximum atomic E-state index is 11.0. The Morgan fingerprint density at radius 2 is 2.27 bits per heavy atom. The van der Waals surface area contributed by atoms with Crippen LogP contribution in [0.5, 0.6) is 0 Å². The number of nitrogens with zero attached hydrogens (tertiary/aromatic N) is 1. The molecule has 0 saturated heterocycles. The zero-order valence-electron chi connectivity index (χ0n) is 7.17. The predicted molar refractivity (Wildman–Crippen MR) is 43.2 cm³/mol. The van der Waals surface area contributed by atoms with Crippen molar-refractivity contribution in [3.05, 3.63) is 0 Å². The summed E-state index contributed by atoms with van der Waals surface area (Å²) in [7, 11) is 3.36. The molecule has 0 aromatic heterocycles. The molecule has 66 valence electrons. The summed E-state index contributed by atoms with van der Waals surface area (Å²) in [5.74, 6) is 0.0737. The number of ether oxygens (including phenoxy) is 1. The fourth-order valence-corrected chi connectivity index (χ4v) is 0.667. The van der Waals surface area contributed by atoms with Gasteiger partial charge in [0.25, 0.3) is 0 Å². The smallest absolute Gasteiger partial charge is 0.223 e. The summed E-state index contributed by atoms with van der Waals surface area (Å²) >= 11 is 0. The van der Waals surface area contributed by atoms with E-state index in [1.165, 1.54) is 0 Å². The van der Waals surface area contributed by atoms with Crippen molar-refractivity contribution in [3.63, 3.8) is 0 Å². The second-order valence-corrected chi connectivity index (χ2v) is 2.35. The lowest BCUT2D eigenvalue weighted by Crippen LogP contribution is -2.31. The highest BCUT2D eigenvalue weighted by atomic mass is 16.5. The Kier molecular flexibility index (Phi) is 5.78. The van der Waals surface area contributed by atoms with Gasteiger partial charge in [-0.15, -0.1) is 0 Å². The van der Waals surface area contributed by atoms with E-state index in [0.29, 0.717) is 26.1 Å². The molecule has 0 aliphatic rings. The minimum atomic E-state index is 0.0737. The molecule has 0 saturated carbocycles. The van der Waals surface area contributed by atoms with Crippen LogP contribution >= 0.6 is 0 Å². The minimum absolute atomic E-state index is 0.0737. The van der Waals surface area contributed by atoms with Gasteiger partial charge in [0.1, 0.15) is 0 Å². The zero-order valence-corrected chi connectivity index (χ0v) is 7.17. The minimum Gasteiger partial charge on any atom is -0.383 e. The Balaban J connectivity index is 3.46. The molecule has 0 bridgehead atoms. The lowest BCUT2D eigenvalue weighted by atomic mass is 10.4. The van der Waals surface area contributed by atoms with Crippen LogP contribution < -0.4 is 5.73 Å². The van der Waals surface area contributed by atoms with E-state index in [1.807, 2.05) is 0 Å². The molecule has 4 nitrogen and oxygen atoms in total.